The number of carbonyl (C=O) groups excluding carboxylic acids is 1. The average Bonchev–Trinajstić information content (AvgIpc) is 3.18. The van der Waals surface area contributed by atoms with Crippen LogP contribution in [0.4, 0.5) is 0 Å². The van der Waals surface area contributed by atoms with Gasteiger partial charge >= 0.3 is 0 Å². The number of nitrogens with one attached hydrogen (secondary N) is 2. The summed E-state index contributed by atoms with van der Waals surface area (Å²) in [6, 6.07) is 0.574. The van der Waals surface area contributed by atoms with E-state index in [1.807, 2.05) is 0 Å². The van der Waals surface area contributed by atoms with Crippen LogP contribution in [0.3, 0.4) is 0 Å². The molecule has 1 aliphatic heterocycles. The van der Waals surface area contributed by atoms with Gasteiger partial charge in [-0.05, 0) is 38.5 Å². The van der Waals surface area contributed by atoms with Crippen LogP contribution in [0.25, 0.3) is 0 Å². The zero-order valence-electron chi connectivity index (χ0n) is 11.7. The molecule has 2 N–H and O–H groups in total. The van der Waals surface area contributed by atoms with Crippen LogP contribution < -0.4 is 10.6 Å². The van der Waals surface area contributed by atoms with Gasteiger partial charge in [-0.3, -0.25) is 4.79 Å². The summed E-state index contributed by atoms with van der Waals surface area (Å²) in [6.07, 6.45) is 9.56. The lowest BCUT2D eigenvalue weighted by Gasteiger charge is -2.38. The van der Waals surface area contributed by atoms with Crippen LogP contribution in [-0.4, -0.2) is 37.2 Å². The molecule has 1 heterocycles. The third-order valence-electron chi connectivity index (χ3n) is 4.81. The van der Waals surface area contributed by atoms with E-state index in [2.05, 4.69) is 10.6 Å². The van der Waals surface area contributed by atoms with Crippen molar-refractivity contribution in [2.45, 2.75) is 63.0 Å². The van der Waals surface area contributed by atoms with E-state index >= 15 is 0 Å². The van der Waals surface area contributed by atoms with E-state index in [1.165, 1.54) is 25.7 Å². The number of ether oxygens (including phenoxy) is 1. The monoisotopic (exact) mass is 266 g/mol. The number of hydrogen-bond acceptors (Lipinski definition) is 3. The highest BCUT2D eigenvalue weighted by Crippen LogP contribution is 2.39. The summed E-state index contributed by atoms with van der Waals surface area (Å²) in [5.41, 5.74) is 0.188. The van der Waals surface area contributed by atoms with E-state index in [9.17, 15) is 4.79 Å². The molecule has 1 amide bonds. The minimum atomic E-state index is 0.188. The molecule has 1 spiro atoms. The molecule has 2 aliphatic carbocycles. The predicted molar refractivity (Wildman–Crippen MR) is 73.9 cm³/mol. The van der Waals surface area contributed by atoms with Crippen molar-refractivity contribution in [1.82, 2.24) is 10.6 Å². The van der Waals surface area contributed by atoms with Crippen molar-refractivity contribution < 1.29 is 9.53 Å². The minimum Gasteiger partial charge on any atom is -0.375 e. The largest absolute Gasteiger partial charge is 0.375 e. The van der Waals surface area contributed by atoms with Gasteiger partial charge < -0.3 is 15.4 Å². The molecule has 0 aromatic carbocycles. The van der Waals surface area contributed by atoms with E-state index in [1.54, 1.807) is 0 Å². The molecule has 0 aromatic heterocycles. The number of hydrogen-bond donors (Lipinski definition) is 2. The average molecular weight is 266 g/mol. The molecule has 0 radical (unpaired) electrons. The lowest BCUT2D eigenvalue weighted by Crippen LogP contribution is -2.47. The second-order valence-corrected chi connectivity index (χ2v) is 6.45. The fraction of sp³-hybridized carbons (Fsp3) is 0.933. The van der Waals surface area contributed by atoms with Gasteiger partial charge in [0.15, 0.2) is 0 Å². The Morgan fingerprint density at radius 2 is 1.95 bits per heavy atom. The van der Waals surface area contributed by atoms with Crippen LogP contribution in [0, 0.1) is 5.92 Å². The standard InChI is InChI=1S/C15H26N2O2/c18-14(12-3-4-12)17-9-8-16-13-5-10-19-15(11-13)6-1-2-7-15/h12-13,16H,1-11H2,(H,17,18). The summed E-state index contributed by atoms with van der Waals surface area (Å²) in [5, 5.41) is 6.61. The molecule has 1 saturated heterocycles. The summed E-state index contributed by atoms with van der Waals surface area (Å²) >= 11 is 0. The Balaban J connectivity index is 1.34. The first-order valence-corrected chi connectivity index (χ1v) is 7.93. The Labute approximate surface area is 115 Å². The number of amides is 1. The van der Waals surface area contributed by atoms with Gasteiger partial charge in [0.05, 0.1) is 5.60 Å². The highest BCUT2D eigenvalue weighted by atomic mass is 16.5. The van der Waals surface area contributed by atoms with Crippen molar-refractivity contribution in [3.63, 3.8) is 0 Å². The highest BCUT2D eigenvalue weighted by molar-refractivity contribution is 5.80. The molecular formula is C15H26N2O2. The molecule has 2 saturated carbocycles. The third kappa shape index (κ3) is 3.48. The van der Waals surface area contributed by atoms with E-state index in [0.717, 1.165) is 45.4 Å². The second kappa shape index (κ2) is 5.80. The van der Waals surface area contributed by atoms with Crippen LogP contribution in [-0.2, 0) is 9.53 Å². The molecule has 1 unspecified atom stereocenters. The maximum absolute atomic E-state index is 11.5. The lowest BCUT2D eigenvalue weighted by atomic mass is 9.89. The summed E-state index contributed by atoms with van der Waals surface area (Å²) < 4.78 is 6.03. The van der Waals surface area contributed by atoms with Crippen molar-refractivity contribution in [2.75, 3.05) is 19.7 Å². The van der Waals surface area contributed by atoms with Crippen LogP contribution in [0.2, 0.25) is 0 Å². The SMILES string of the molecule is O=C(NCCNC1CCOC2(CCCC2)C1)C1CC1. The second-order valence-electron chi connectivity index (χ2n) is 6.45. The third-order valence-corrected chi connectivity index (χ3v) is 4.81. The molecule has 4 nitrogen and oxygen atoms in total. The predicted octanol–water partition coefficient (Wildman–Crippen LogP) is 1.59. The molecule has 3 aliphatic rings. The maximum Gasteiger partial charge on any atom is 0.223 e. The highest BCUT2D eigenvalue weighted by Gasteiger charge is 2.39. The van der Waals surface area contributed by atoms with Crippen LogP contribution in [0.15, 0.2) is 0 Å². The summed E-state index contributed by atoms with van der Waals surface area (Å²) in [7, 11) is 0. The summed E-state index contributed by atoms with van der Waals surface area (Å²) in [6.45, 7) is 2.55. The minimum absolute atomic E-state index is 0.188. The molecule has 3 rings (SSSR count). The topological polar surface area (TPSA) is 50.4 Å². The number of carbonyl (C=O) groups is 1. The van der Waals surface area contributed by atoms with Gasteiger partial charge in [-0.2, -0.15) is 0 Å². The van der Waals surface area contributed by atoms with E-state index in [-0.39, 0.29) is 11.5 Å². The smallest absolute Gasteiger partial charge is 0.223 e. The summed E-state index contributed by atoms with van der Waals surface area (Å²) in [5.74, 6) is 0.575. The van der Waals surface area contributed by atoms with Gasteiger partial charge in [0.2, 0.25) is 5.91 Å². The lowest BCUT2D eigenvalue weighted by molar-refractivity contribution is -0.122. The Hall–Kier alpha value is -0.610. The zero-order chi connectivity index (χ0) is 13.1. The van der Waals surface area contributed by atoms with Gasteiger partial charge in [-0.25, -0.2) is 0 Å². The van der Waals surface area contributed by atoms with Crippen molar-refractivity contribution >= 4 is 5.91 Å². The summed E-state index contributed by atoms with van der Waals surface area (Å²) in [4.78, 5) is 11.5. The fourth-order valence-corrected chi connectivity index (χ4v) is 3.52. The van der Waals surface area contributed by atoms with Gasteiger partial charge in [-0.1, -0.05) is 12.8 Å². The normalized spacial score (nSPS) is 29.6. The number of rotatable bonds is 5. The van der Waals surface area contributed by atoms with E-state index < -0.39 is 0 Å². The Morgan fingerprint density at radius 1 is 1.16 bits per heavy atom. The first kappa shape index (κ1) is 13.4. The quantitative estimate of drug-likeness (QED) is 0.743. The van der Waals surface area contributed by atoms with Gasteiger partial charge in [0.1, 0.15) is 0 Å². The molecule has 1 atom stereocenters. The molecule has 108 valence electrons. The van der Waals surface area contributed by atoms with Crippen LogP contribution in [0.5, 0.6) is 0 Å². The fourth-order valence-electron chi connectivity index (χ4n) is 3.52. The van der Waals surface area contributed by atoms with Crippen molar-refractivity contribution in [3.05, 3.63) is 0 Å². The van der Waals surface area contributed by atoms with E-state index in [4.69, 9.17) is 4.74 Å². The molecule has 19 heavy (non-hydrogen) atoms. The van der Waals surface area contributed by atoms with Crippen molar-refractivity contribution in [3.8, 4) is 0 Å². The van der Waals surface area contributed by atoms with E-state index in [0.29, 0.717) is 12.0 Å². The first-order chi connectivity index (χ1) is 9.27. The molecule has 0 aromatic rings. The Morgan fingerprint density at radius 3 is 2.68 bits per heavy atom. The Kier molecular flexibility index (Phi) is 4.08. The zero-order valence-corrected chi connectivity index (χ0v) is 11.7. The first-order valence-electron chi connectivity index (χ1n) is 7.93. The molecular weight excluding hydrogens is 240 g/mol. The Bertz CT molecular complexity index is 322. The molecule has 4 heteroatoms. The molecule has 3 fully saturated rings. The van der Waals surface area contributed by atoms with Crippen molar-refractivity contribution in [1.29, 1.82) is 0 Å². The van der Waals surface area contributed by atoms with Gasteiger partial charge in [0.25, 0.3) is 0 Å². The van der Waals surface area contributed by atoms with Crippen molar-refractivity contribution in [2.24, 2.45) is 5.92 Å². The van der Waals surface area contributed by atoms with Crippen LogP contribution in [0.1, 0.15) is 51.4 Å². The maximum atomic E-state index is 11.5. The molecule has 0 bridgehead atoms. The van der Waals surface area contributed by atoms with Gasteiger partial charge in [0, 0.05) is 31.7 Å². The van der Waals surface area contributed by atoms with Gasteiger partial charge in [-0.15, -0.1) is 0 Å². The van der Waals surface area contributed by atoms with Crippen LogP contribution >= 0.6 is 0 Å².